The van der Waals surface area contributed by atoms with E-state index in [0.29, 0.717) is 28.2 Å². The predicted octanol–water partition coefficient (Wildman–Crippen LogP) is 4.95. The zero-order valence-electron chi connectivity index (χ0n) is 17.2. The van der Waals surface area contributed by atoms with E-state index in [1.807, 2.05) is 42.5 Å². The van der Waals surface area contributed by atoms with Gasteiger partial charge in [-0.2, -0.15) is 4.98 Å². The van der Waals surface area contributed by atoms with Gasteiger partial charge in [0.1, 0.15) is 11.5 Å². The third-order valence-corrected chi connectivity index (χ3v) is 5.71. The van der Waals surface area contributed by atoms with Crippen molar-refractivity contribution in [3.63, 3.8) is 0 Å². The van der Waals surface area contributed by atoms with E-state index >= 15 is 0 Å². The van der Waals surface area contributed by atoms with Crippen LogP contribution in [-0.4, -0.2) is 35.2 Å². The van der Waals surface area contributed by atoms with Crippen molar-refractivity contribution in [1.29, 1.82) is 0 Å². The monoisotopic (exact) mass is 424 g/mol. The molecule has 0 unspecified atom stereocenters. The lowest BCUT2D eigenvalue weighted by molar-refractivity contribution is 0.219. The van der Waals surface area contributed by atoms with Crippen LogP contribution in [0.4, 0.5) is 5.69 Å². The van der Waals surface area contributed by atoms with E-state index in [4.69, 9.17) is 14.2 Å². The summed E-state index contributed by atoms with van der Waals surface area (Å²) in [4.78, 5) is 4.67. The Bertz CT molecular complexity index is 1030. The average molecular weight is 425 g/mol. The normalized spacial score (nSPS) is 14.6. The standard InChI is InChI=1S/C22H24N4O3S/c1-4-5-12-30-22-24-21-19(25-26-22)15-8-6-7-9-17(15)23-20(29-21)16-13-14(27-2)10-11-18(16)28-3/h6-11,13,20,23H,4-5,12H2,1-3H3/t20-/m0/s1. The van der Waals surface area contributed by atoms with E-state index in [0.717, 1.165) is 35.4 Å². The first-order valence-electron chi connectivity index (χ1n) is 9.85. The van der Waals surface area contributed by atoms with Gasteiger partial charge in [-0.25, -0.2) is 0 Å². The minimum Gasteiger partial charge on any atom is -0.497 e. The lowest BCUT2D eigenvalue weighted by atomic mass is 10.1. The predicted molar refractivity (Wildman–Crippen MR) is 117 cm³/mol. The summed E-state index contributed by atoms with van der Waals surface area (Å²) in [6.45, 7) is 2.16. The summed E-state index contributed by atoms with van der Waals surface area (Å²) in [7, 11) is 3.27. The van der Waals surface area contributed by atoms with Gasteiger partial charge in [-0.15, -0.1) is 10.2 Å². The molecule has 1 aliphatic heterocycles. The Balaban J connectivity index is 1.78. The van der Waals surface area contributed by atoms with Gasteiger partial charge in [-0.1, -0.05) is 43.3 Å². The molecule has 3 aromatic rings. The van der Waals surface area contributed by atoms with Gasteiger partial charge >= 0.3 is 0 Å². The van der Waals surface area contributed by atoms with Crippen LogP contribution in [-0.2, 0) is 0 Å². The SMILES string of the molecule is CCCCSc1nnc2c(n1)O[C@@H](c1cc(OC)ccc1OC)Nc1ccccc1-2. The molecule has 4 rings (SSSR count). The van der Waals surface area contributed by atoms with Crippen LogP contribution in [0, 0.1) is 0 Å². The highest BCUT2D eigenvalue weighted by molar-refractivity contribution is 7.99. The van der Waals surface area contributed by atoms with Crippen LogP contribution < -0.4 is 19.5 Å². The molecule has 0 fully saturated rings. The Morgan fingerprint density at radius 3 is 2.77 bits per heavy atom. The van der Waals surface area contributed by atoms with E-state index in [9.17, 15) is 0 Å². The summed E-state index contributed by atoms with van der Waals surface area (Å²) in [5.74, 6) is 2.79. The third-order valence-electron chi connectivity index (χ3n) is 4.78. The largest absolute Gasteiger partial charge is 0.497 e. The molecule has 1 N–H and O–H groups in total. The Labute approximate surface area is 180 Å². The smallest absolute Gasteiger partial charge is 0.247 e. The zero-order chi connectivity index (χ0) is 20.9. The maximum Gasteiger partial charge on any atom is 0.247 e. The summed E-state index contributed by atoms with van der Waals surface area (Å²) in [5.41, 5.74) is 3.19. The number of benzene rings is 2. The molecule has 0 spiro atoms. The second kappa shape index (κ2) is 9.21. The fourth-order valence-electron chi connectivity index (χ4n) is 3.20. The van der Waals surface area contributed by atoms with Gasteiger partial charge in [0, 0.05) is 17.0 Å². The minimum absolute atomic E-state index is 0.441. The van der Waals surface area contributed by atoms with E-state index < -0.39 is 6.23 Å². The number of nitrogens with zero attached hydrogens (tertiary/aromatic N) is 3. The molecule has 8 heteroatoms. The van der Waals surface area contributed by atoms with Gasteiger partial charge in [0.25, 0.3) is 0 Å². The van der Waals surface area contributed by atoms with Crippen molar-refractivity contribution >= 4 is 17.4 Å². The number of ether oxygens (including phenoxy) is 3. The molecular formula is C22H24N4O3S. The molecule has 1 aromatic heterocycles. The topological polar surface area (TPSA) is 78.4 Å². The van der Waals surface area contributed by atoms with Gasteiger partial charge in [0.05, 0.1) is 19.8 Å². The van der Waals surface area contributed by atoms with Crippen LogP contribution in [0.1, 0.15) is 31.6 Å². The first-order chi connectivity index (χ1) is 14.7. The first-order valence-corrected chi connectivity index (χ1v) is 10.8. The van der Waals surface area contributed by atoms with Crippen molar-refractivity contribution in [2.45, 2.75) is 31.1 Å². The number of methoxy groups -OCH3 is 2. The van der Waals surface area contributed by atoms with Crippen molar-refractivity contribution in [2.75, 3.05) is 25.3 Å². The highest BCUT2D eigenvalue weighted by Gasteiger charge is 2.28. The van der Waals surface area contributed by atoms with Gasteiger partial charge in [-0.3, -0.25) is 0 Å². The maximum atomic E-state index is 6.34. The Morgan fingerprint density at radius 1 is 1.10 bits per heavy atom. The molecule has 0 radical (unpaired) electrons. The quantitative estimate of drug-likeness (QED) is 0.422. The number of hydrogen-bond acceptors (Lipinski definition) is 8. The molecule has 0 aliphatic carbocycles. The number of nitrogens with one attached hydrogen (secondary N) is 1. The summed E-state index contributed by atoms with van der Waals surface area (Å²) in [5, 5.41) is 12.8. The molecule has 0 bridgehead atoms. The molecule has 0 saturated carbocycles. The number of rotatable bonds is 7. The number of thioether (sulfide) groups is 1. The van der Waals surface area contributed by atoms with Gasteiger partial charge in [0.15, 0.2) is 5.69 Å². The van der Waals surface area contributed by atoms with Crippen LogP contribution in [0.3, 0.4) is 0 Å². The molecule has 30 heavy (non-hydrogen) atoms. The summed E-state index contributed by atoms with van der Waals surface area (Å²) in [6.07, 6.45) is 1.68. The Hall–Kier alpha value is -3.00. The maximum absolute atomic E-state index is 6.34. The number of aromatic nitrogens is 3. The Kier molecular flexibility index (Phi) is 6.23. The lowest BCUT2D eigenvalue weighted by Crippen LogP contribution is -2.18. The van der Waals surface area contributed by atoms with Crippen molar-refractivity contribution in [1.82, 2.24) is 15.2 Å². The molecular weight excluding hydrogens is 400 g/mol. The van der Waals surface area contributed by atoms with Gasteiger partial charge in [0.2, 0.25) is 17.3 Å². The van der Waals surface area contributed by atoms with Crippen molar-refractivity contribution in [2.24, 2.45) is 0 Å². The third kappa shape index (κ3) is 4.14. The fraction of sp³-hybridized carbons (Fsp3) is 0.318. The zero-order valence-corrected chi connectivity index (χ0v) is 18.0. The van der Waals surface area contributed by atoms with E-state index in [1.54, 1.807) is 26.0 Å². The number of hydrogen-bond donors (Lipinski definition) is 1. The molecule has 0 saturated heterocycles. The van der Waals surface area contributed by atoms with Crippen LogP contribution in [0.2, 0.25) is 0 Å². The summed E-state index contributed by atoms with van der Waals surface area (Å²) < 4.78 is 17.3. The van der Waals surface area contributed by atoms with E-state index in [2.05, 4.69) is 27.4 Å². The van der Waals surface area contributed by atoms with Crippen LogP contribution in [0.25, 0.3) is 11.3 Å². The number of para-hydroxylation sites is 1. The minimum atomic E-state index is -0.539. The van der Waals surface area contributed by atoms with Crippen LogP contribution >= 0.6 is 11.8 Å². The molecule has 7 nitrogen and oxygen atoms in total. The molecule has 2 heterocycles. The average Bonchev–Trinajstić information content (AvgIpc) is 2.95. The van der Waals surface area contributed by atoms with Crippen molar-refractivity contribution in [3.05, 3.63) is 48.0 Å². The fourth-order valence-corrected chi connectivity index (χ4v) is 4.06. The van der Waals surface area contributed by atoms with Gasteiger partial charge in [-0.05, 0) is 30.7 Å². The Morgan fingerprint density at radius 2 is 1.97 bits per heavy atom. The summed E-state index contributed by atoms with van der Waals surface area (Å²) >= 11 is 1.59. The summed E-state index contributed by atoms with van der Waals surface area (Å²) in [6, 6.07) is 13.5. The molecule has 0 amide bonds. The number of anilines is 1. The van der Waals surface area contributed by atoms with E-state index in [1.165, 1.54) is 0 Å². The first kappa shape index (κ1) is 20.3. The second-order valence-electron chi connectivity index (χ2n) is 6.75. The van der Waals surface area contributed by atoms with Crippen LogP contribution in [0.15, 0.2) is 47.6 Å². The van der Waals surface area contributed by atoms with Crippen molar-refractivity contribution in [3.8, 4) is 28.6 Å². The van der Waals surface area contributed by atoms with Crippen LogP contribution in [0.5, 0.6) is 17.4 Å². The highest BCUT2D eigenvalue weighted by Crippen LogP contribution is 2.41. The van der Waals surface area contributed by atoms with Crippen molar-refractivity contribution < 1.29 is 14.2 Å². The van der Waals surface area contributed by atoms with Gasteiger partial charge < -0.3 is 19.5 Å². The molecule has 1 aliphatic rings. The molecule has 156 valence electrons. The number of unbranched alkanes of at least 4 members (excludes halogenated alkanes) is 1. The lowest BCUT2D eigenvalue weighted by Gasteiger charge is -2.21. The van der Waals surface area contributed by atoms with E-state index in [-0.39, 0.29) is 0 Å². The molecule has 2 aromatic carbocycles. The molecule has 1 atom stereocenters. The number of fused-ring (bicyclic) bond motifs is 3. The second-order valence-corrected chi connectivity index (χ2v) is 7.81. The highest BCUT2D eigenvalue weighted by atomic mass is 32.2.